The van der Waals surface area contributed by atoms with E-state index in [0.29, 0.717) is 34.8 Å². The predicted octanol–water partition coefficient (Wildman–Crippen LogP) is 3.08. The van der Waals surface area contributed by atoms with Crippen LogP contribution in [0.1, 0.15) is 57.1 Å². The minimum absolute atomic E-state index is 0.00460. The van der Waals surface area contributed by atoms with Gasteiger partial charge in [0, 0.05) is 30.8 Å². The summed E-state index contributed by atoms with van der Waals surface area (Å²) in [5.41, 5.74) is 0.535. The number of nitrogens with one attached hydrogen (secondary N) is 1. The standard InChI is InChI=1S/C30H33N5O4/c36-27-17-23(31-26-11-5-6-16-33(26)27)19-34-25-10-4-3-9-24(25)29(38)35(30(34)39)18-20-12-14-21(15-13-20)28(37)32-22-7-1-2-8-22/h3-6,9-11,16-17,20-22H,1-2,7-8,12-15,18-19H2,(H,32,37). The van der Waals surface area contributed by atoms with Crippen LogP contribution < -0.4 is 22.1 Å². The molecular weight excluding hydrogens is 494 g/mol. The van der Waals surface area contributed by atoms with Crippen LogP contribution in [-0.4, -0.2) is 30.5 Å². The third-order valence-corrected chi connectivity index (χ3v) is 8.44. The second kappa shape index (κ2) is 10.6. The molecule has 6 rings (SSSR count). The number of carbonyl (C=O) groups is 1. The molecule has 9 heteroatoms. The van der Waals surface area contributed by atoms with Crippen molar-refractivity contribution in [3.8, 4) is 0 Å². The normalized spacial score (nSPS) is 20.0. The van der Waals surface area contributed by atoms with Crippen molar-refractivity contribution in [3.63, 3.8) is 0 Å². The third kappa shape index (κ3) is 5.05. The quantitative estimate of drug-likeness (QED) is 0.415. The molecule has 1 amide bonds. The average molecular weight is 528 g/mol. The van der Waals surface area contributed by atoms with E-state index >= 15 is 0 Å². The van der Waals surface area contributed by atoms with E-state index in [1.54, 1.807) is 53.2 Å². The number of carbonyl (C=O) groups excluding carboxylic acids is 1. The maximum absolute atomic E-state index is 13.7. The van der Waals surface area contributed by atoms with Gasteiger partial charge in [0.2, 0.25) is 5.91 Å². The Kier molecular flexibility index (Phi) is 6.89. The Morgan fingerprint density at radius 1 is 0.897 bits per heavy atom. The van der Waals surface area contributed by atoms with Crippen molar-refractivity contribution in [3.05, 3.63) is 91.6 Å². The van der Waals surface area contributed by atoms with Crippen LogP contribution in [0.2, 0.25) is 0 Å². The van der Waals surface area contributed by atoms with Crippen LogP contribution in [0.5, 0.6) is 0 Å². The number of amides is 1. The summed E-state index contributed by atoms with van der Waals surface area (Å²) < 4.78 is 4.33. The maximum Gasteiger partial charge on any atom is 0.331 e. The van der Waals surface area contributed by atoms with Gasteiger partial charge < -0.3 is 5.32 Å². The van der Waals surface area contributed by atoms with E-state index in [-0.39, 0.29) is 35.4 Å². The van der Waals surface area contributed by atoms with Crippen LogP contribution >= 0.6 is 0 Å². The summed E-state index contributed by atoms with van der Waals surface area (Å²) in [6.07, 6.45) is 9.30. The minimum Gasteiger partial charge on any atom is -0.353 e. The minimum atomic E-state index is -0.408. The summed E-state index contributed by atoms with van der Waals surface area (Å²) in [5.74, 6) is 0.304. The van der Waals surface area contributed by atoms with Gasteiger partial charge in [0.25, 0.3) is 11.1 Å². The van der Waals surface area contributed by atoms with E-state index in [1.165, 1.54) is 27.9 Å². The second-order valence-corrected chi connectivity index (χ2v) is 11.0. The Hall–Kier alpha value is -4.01. The summed E-state index contributed by atoms with van der Waals surface area (Å²) in [6.45, 7) is 0.390. The van der Waals surface area contributed by atoms with Crippen LogP contribution in [0.4, 0.5) is 0 Å². The molecule has 2 fully saturated rings. The van der Waals surface area contributed by atoms with Crippen molar-refractivity contribution in [2.45, 2.75) is 70.5 Å². The molecule has 0 bridgehead atoms. The highest BCUT2D eigenvalue weighted by Gasteiger charge is 2.29. The molecule has 3 aromatic heterocycles. The van der Waals surface area contributed by atoms with Gasteiger partial charge in [-0.2, -0.15) is 0 Å². The van der Waals surface area contributed by atoms with Gasteiger partial charge in [0.15, 0.2) is 0 Å². The Morgan fingerprint density at radius 3 is 2.44 bits per heavy atom. The molecule has 2 aliphatic carbocycles. The summed E-state index contributed by atoms with van der Waals surface area (Å²) in [5, 5.41) is 3.68. The molecule has 202 valence electrons. The lowest BCUT2D eigenvalue weighted by Gasteiger charge is -2.29. The molecule has 1 aromatic carbocycles. The number of para-hydroxylation sites is 1. The van der Waals surface area contributed by atoms with Crippen molar-refractivity contribution in [1.29, 1.82) is 0 Å². The highest BCUT2D eigenvalue weighted by molar-refractivity contribution is 5.79. The second-order valence-electron chi connectivity index (χ2n) is 11.0. The molecule has 39 heavy (non-hydrogen) atoms. The van der Waals surface area contributed by atoms with Crippen molar-refractivity contribution in [1.82, 2.24) is 23.8 Å². The lowest BCUT2D eigenvalue weighted by molar-refractivity contribution is -0.126. The van der Waals surface area contributed by atoms with E-state index in [4.69, 9.17) is 0 Å². The van der Waals surface area contributed by atoms with Gasteiger partial charge >= 0.3 is 5.69 Å². The fourth-order valence-electron chi connectivity index (χ4n) is 6.29. The first-order valence-corrected chi connectivity index (χ1v) is 14.0. The summed E-state index contributed by atoms with van der Waals surface area (Å²) >= 11 is 0. The first kappa shape index (κ1) is 25.3. The molecule has 3 heterocycles. The van der Waals surface area contributed by atoms with Crippen LogP contribution in [0.3, 0.4) is 0 Å². The fraction of sp³-hybridized carbons (Fsp3) is 0.433. The number of aromatic nitrogens is 4. The highest BCUT2D eigenvalue weighted by atomic mass is 16.2. The lowest BCUT2D eigenvalue weighted by atomic mass is 9.81. The largest absolute Gasteiger partial charge is 0.353 e. The number of pyridine rings is 1. The van der Waals surface area contributed by atoms with E-state index in [2.05, 4.69) is 10.3 Å². The van der Waals surface area contributed by atoms with E-state index in [1.807, 2.05) is 0 Å². The number of benzene rings is 1. The molecule has 0 atom stereocenters. The van der Waals surface area contributed by atoms with Gasteiger partial charge in [-0.25, -0.2) is 9.78 Å². The van der Waals surface area contributed by atoms with Crippen molar-refractivity contribution in [2.75, 3.05) is 0 Å². The Balaban J connectivity index is 1.26. The van der Waals surface area contributed by atoms with Gasteiger partial charge in [0.05, 0.1) is 23.1 Å². The molecule has 2 saturated carbocycles. The topological polar surface area (TPSA) is 107 Å². The number of hydrogen-bond acceptors (Lipinski definition) is 5. The zero-order chi connectivity index (χ0) is 26.9. The Bertz CT molecular complexity index is 1700. The molecule has 4 aromatic rings. The molecule has 2 aliphatic rings. The van der Waals surface area contributed by atoms with E-state index in [9.17, 15) is 19.2 Å². The Morgan fingerprint density at radius 2 is 1.64 bits per heavy atom. The third-order valence-electron chi connectivity index (χ3n) is 8.44. The zero-order valence-electron chi connectivity index (χ0n) is 21.9. The van der Waals surface area contributed by atoms with E-state index in [0.717, 1.165) is 38.5 Å². The van der Waals surface area contributed by atoms with Gasteiger partial charge in [-0.3, -0.25) is 27.9 Å². The zero-order valence-corrected chi connectivity index (χ0v) is 21.9. The molecule has 1 N–H and O–H groups in total. The molecule has 9 nitrogen and oxygen atoms in total. The van der Waals surface area contributed by atoms with Crippen molar-refractivity contribution < 1.29 is 4.79 Å². The highest BCUT2D eigenvalue weighted by Crippen LogP contribution is 2.30. The van der Waals surface area contributed by atoms with Crippen molar-refractivity contribution in [2.24, 2.45) is 11.8 Å². The SMILES string of the molecule is O=C(NC1CCCC1)C1CCC(Cn2c(=O)c3ccccc3n(Cc3cc(=O)n4ccccc4n3)c2=O)CC1. The van der Waals surface area contributed by atoms with Crippen LogP contribution in [-0.2, 0) is 17.9 Å². The van der Waals surface area contributed by atoms with Crippen LogP contribution in [0.25, 0.3) is 16.6 Å². The molecule has 0 saturated heterocycles. The monoisotopic (exact) mass is 527 g/mol. The summed E-state index contributed by atoms with van der Waals surface area (Å²) in [6, 6.07) is 14.1. The Labute approximate surface area is 225 Å². The van der Waals surface area contributed by atoms with E-state index < -0.39 is 5.69 Å². The van der Waals surface area contributed by atoms with Gasteiger partial charge in [0.1, 0.15) is 5.65 Å². The molecule has 0 spiro atoms. The number of fused-ring (bicyclic) bond motifs is 2. The number of rotatable bonds is 6. The number of nitrogens with zero attached hydrogens (tertiary/aromatic N) is 4. The lowest BCUT2D eigenvalue weighted by Crippen LogP contribution is -2.43. The average Bonchev–Trinajstić information content (AvgIpc) is 3.47. The predicted molar refractivity (Wildman–Crippen MR) is 149 cm³/mol. The first-order valence-electron chi connectivity index (χ1n) is 14.0. The van der Waals surface area contributed by atoms with Gasteiger partial charge in [-0.1, -0.05) is 31.0 Å². The van der Waals surface area contributed by atoms with Crippen molar-refractivity contribution >= 4 is 22.5 Å². The molecule has 0 unspecified atom stereocenters. The first-order chi connectivity index (χ1) is 19.0. The summed E-state index contributed by atoms with van der Waals surface area (Å²) in [4.78, 5) is 57.2. The molecule has 0 aliphatic heterocycles. The fourth-order valence-corrected chi connectivity index (χ4v) is 6.29. The van der Waals surface area contributed by atoms with Crippen LogP contribution in [0, 0.1) is 11.8 Å². The van der Waals surface area contributed by atoms with Gasteiger partial charge in [-0.05, 0) is 68.7 Å². The molecule has 0 radical (unpaired) electrons. The smallest absolute Gasteiger partial charge is 0.331 e. The van der Waals surface area contributed by atoms with Gasteiger partial charge in [-0.15, -0.1) is 0 Å². The number of hydrogen-bond donors (Lipinski definition) is 1. The maximum atomic E-state index is 13.7. The van der Waals surface area contributed by atoms with Crippen LogP contribution in [0.15, 0.2) is 69.1 Å². The molecular formula is C30H33N5O4. The summed E-state index contributed by atoms with van der Waals surface area (Å²) in [7, 11) is 0.